The quantitative estimate of drug-likeness (QED) is 0.689. The van der Waals surface area contributed by atoms with Crippen molar-refractivity contribution in [3.63, 3.8) is 0 Å². The third kappa shape index (κ3) is 7.52. The SMILES string of the molecule is Cc1ccc(C)c(OCC(=O)OCC(=O)N[C@@H](C)CCc2ccccc2)c1. The molecule has 5 nitrogen and oxygen atoms in total. The van der Waals surface area contributed by atoms with E-state index in [1.165, 1.54) is 5.56 Å². The zero-order valence-corrected chi connectivity index (χ0v) is 16.2. The summed E-state index contributed by atoms with van der Waals surface area (Å²) in [6.07, 6.45) is 1.70. The monoisotopic (exact) mass is 369 g/mol. The Morgan fingerprint density at radius 1 is 1.04 bits per heavy atom. The molecule has 0 spiro atoms. The van der Waals surface area contributed by atoms with Crippen LogP contribution in [-0.4, -0.2) is 31.1 Å². The fraction of sp³-hybridized carbons (Fsp3) is 0.364. The molecule has 0 unspecified atom stereocenters. The van der Waals surface area contributed by atoms with E-state index < -0.39 is 5.97 Å². The van der Waals surface area contributed by atoms with Gasteiger partial charge in [0.15, 0.2) is 13.2 Å². The normalized spacial score (nSPS) is 11.5. The third-order valence-corrected chi connectivity index (χ3v) is 4.17. The molecule has 0 saturated carbocycles. The average molecular weight is 369 g/mol. The summed E-state index contributed by atoms with van der Waals surface area (Å²) in [6.45, 7) is 5.27. The van der Waals surface area contributed by atoms with E-state index >= 15 is 0 Å². The lowest BCUT2D eigenvalue weighted by atomic mass is 10.1. The fourth-order valence-corrected chi connectivity index (χ4v) is 2.60. The molecule has 0 saturated heterocycles. The Bertz CT molecular complexity index is 758. The van der Waals surface area contributed by atoms with Crippen LogP contribution in [0.2, 0.25) is 0 Å². The van der Waals surface area contributed by atoms with Gasteiger partial charge in [0, 0.05) is 6.04 Å². The molecular weight excluding hydrogens is 342 g/mol. The van der Waals surface area contributed by atoms with Gasteiger partial charge in [0.1, 0.15) is 5.75 Å². The number of hydrogen-bond donors (Lipinski definition) is 1. The minimum atomic E-state index is -0.567. The number of hydrogen-bond acceptors (Lipinski definition) is 4. The van der Waals surface area contributed by atoms with Crippen LogP contribution in [0, 0.1) is 13.8 Å². The van der Waals surface area contributed by atoms with Gasteiger partial charge in [-0.15, -0.1) is 0 Å². The first-order chi connectivity index (χ1) is 12.9. The van der Waals surface area contributed by atoms with E-state index in [4.69, 9.17) is 9.47 Å². The van der Waals surface area contributed by atoms with Gasteiger partial charge >= 0.3 is 5.97 Å². The van der Waals surface area contributed by atoms with Crippen LogP contribution in [0.4, 0.5) is 0 Å². The Morgan fingerprint density at radius 3 is 2.52 bits per heavy atom. The van der Waals surface area contributed by atoms with Gasteiger partial charge in [-0.2, -0.15) is 0 Å². The summed E-state index contributed by atoms with van der Waals surface area (Å²) in [6, 6.07) is 15.9. The van der Waals surface area contributed by atoms with Crippen molar-refractivity contribution in [1.29, 1.82) is 0 Å². The number of nitrogens with one attached hydrogen (secondary N) is 1. The van der Waals surface area contributed by atoms with Gasteiger partial charge in [-0.1, -0.05) is 42.5 Å². The molecule has 27 heavy (non-hydrogen) atoms. The molecule has 0 bridgehead atoms. The number of carbonyl (C=O) groups is 2. The Hall–Kier alpha value is -2.82. The molecule has 1 atom stereocenters. The highest BCUT2D eigenvalue weighted by Crippen LogP contribution is 2.18. The van der Waals surface area contributed by atoms with Crippen LogP contribution in [0.15, 0.2) is 48.5 Å². The van der Waals surface area contributed by atoms with Crippen LogP contribution >= 0.6 is 0 Å². The Kier molecular flexibility index (Phi) is 7.86. The number of rotatable bonds is 9. The topological polar surface area (TPSA) is 64.6 Å². The molecule has 0 aromatic heterocycles. The molecule has 2 aromatic rings. The summed E-state index contributed by atoms with van der Waals surface area (Å²) in [5.41, 5.74) is 3.22. The Balaban J connectivity index is 1.65. The van der Waals surface area contributed by atoms with E-state index in [1.54, 1.807) is 0 Å². The number of esters is 1. The van der Waals surface area contributed by atoms with E-state index in [0.29, 0.717) is 5.75 Å². The summed E-state index contributed by atoms with van der Waals surface area (Å²) in [5.74, 6) is -0.232. The number of aryl methyl sites for hydroxylation is 3. The zero-order chi connectivity index (χ0) is 19.6. The smallest absolute Gasteiger partial charge is 0.344 e. The van der Waals surface area contributed by atoms with Gasteiger partial charge < -0.3 is 14.8 Å². The van der Waals surface area contributed by atoms with E-state index in [2.05, 4.69) is 17.4 Å². The van der Waals surface area contributed by atoms with Crippen molar-refractivity contribution in [2.24, 2.45) is 0 Å². The minimum Gasteiger partial charge on any atom is -0.482 e. The van der Waals surface area contributed by atoms with Crippen LogP contribution < -0.4 is 10.1 Å². The summed E-state index contributed by atoms with van der Waals surface area (Å²) in [5, 5.41) is 2.84. The van der Waals surface area contributed by atoms with Crippen LogP contribution in [0.3, 0.4) is 0 Å². The Labute approximate surface area is 160 Å². The van der Waals surface area contributed by atoms with Crippen molar-refractivity contribution >= 4 is 11.9 Å². The molecule has 0 aliphatic rings. The van der Waals surface area contributed by atoms with Gasteiger partial charge in [0.05, 0.1) is 0 Å². The molecule has 2 aromatic carbocycles. The van der Waals surface area contributed by atoms with E-state index in [1.807, 2.05) is 57.2 Å². The van der Waals surface area contributed by atoms with E-state index in [0.717, 1.165) is 24.0 Å². The average Bonchev–Trinajstić information content (AvgIpc) is 2.66. The molecule has 0 fully saturated rings. The minimum absolute atomic E-state index is 0.00241. The van der Waals surface area contributed by atoms with Crippen molar-refractivity contribution < 1.29 is 19.1 Å². The highest BCUT2D eigenvalue weighted by Gasteiger charge is 2.12. The fourth-order valence-electron chi connectivity index (χ4n) is 2.60. The largest absolute Gasteiger partial charge is 0.482 e. The predicted molar refractivity (Wildman–Crippen MR) is 105 cm³/mol. The van der Waals surface area contributed by atoms with E-state index in [-0.39, 0.29) is 25.2 Å². The standard InChI is InChI=1S/C22H27NO4/c1-16-9-10-17(2)20(13-16)26-15-22(25)27-14-21(24)23-18(3)11-12-19-7-5-4-6-8-19/h4-10,13,18H,11-12,14-15H2,1-3H3,(H,23,24)/t18-/m0/s1. The van der Waals surface area contributed by atoms with Crippen molar-refractivity contribution in [3.8, 4) is 5.75 Å². The lowest BCUT2D eigenvalue weighted by molar-refractivity contribution is -0.150. The maximum absolute atomic E-state index is 11.9. The first kappa shape index (κ1) is 20.5. The maximum atomic E-state index is 11.9. The number of carbonyl (C=O) groups excluding carboxylic acids is 2. The van der Waals surface area contributed by atoms with Gasteiger partial charge in [-0.25, -0.2) is 4.79 Å². The lowest BCUT2D eigenvalue weighted by Crippen LogP contribution is -2.36. The predicted octanol–water partition coefficient (Wildman–Crippen LogP) is 3.36. The van der Waals surface area contributed by atoms with Gasteiger partial charge in [-0.3, -0.25) is 4.79 Å². The van der Waals surface area contributed by atoms with Crippen molar-refractivity contribution in [2.45, 2.75) is 39.7 Å². The van der Waals surface area contributed by atoms with Gasteiger partial charge in [0.25, 0.3) is 5.91 Å². The molecule has 0 aliphatic carbocycles. The molecule has 144 valence electrons. The van der Waals surface area contributed by atoms with Crippen LogP contribution in [0.5, 0.6) is 5.75 Å². The molecule has 2 rings (SSSR count). The summed E-state index contributed by atoms with van der Waals surface area (Å²) in [7, 11) is 0. The van der Waals surface area contributed by atoms with Gasteiger partial charge in [-0.05, 0) is 56.4 Å². The first-order valence-electron chi connectivity index (χ1n) is 9.13. The van der Waals surface area contributed by atoms with Crippen molar-refractivity contribution in [2.75, 3.05) is 13.2 Å². The molecule has 1 amide bonds. The number of benzene rings is 2. The van der Waals surface area contributed by atoms with Crippen LogP contribution in [0.25, 0.3) is 0 Å². The summed E-state index contributed by atoms with van der Waals surface area (Å²) in [4.78, 5) is 23.7. The molecule has 5 heteroatoms. The van der Waals surface area contributed by atoms with E-state index in [9.17, 15) is 9.59 Å². The molecule has 0 radical (unpaired) electrons. The number of ether oxygens (including phenoxy) is 2. The lowest BCUT2D eigenvalue weighted by Gasteiger charge is -2.14. The first-order valence-corrected chi connectivity index (χ1v) is 9.13. The zero-order valence-electron chi connectivity index (χ0n) is 16.2. The van der Waals surface area contributed by atoms with Crippen LogP contribution in [-0.2, 0) is 20.7 Å². The third-order valence-electron chi connectivity index (χ3n) is 4.17. The van der Waals surface area contributed by atoms with Crippen molar-refractivity contribution in [1.82, 2.24) is 5.32 Å². The Morgan fingerprint density at radius 2 is 1.78 bits per heavy atom. The highest BCUT2D eigenvalue weighted by atomic mass is 16.6. The van der Waals surface area contributed by atoms with Crippen molar-refractivity contribution in [3.05, 3.63) is 65.2 Å². The second-order valence-corrected chi connectivity index (χ2v) is 6.71. The van der Waals surface area contributed by atoms with Crippen LogP contribution in [0.1, 0.15) is 30.0 Å². The molecule has 0 heterocycles. The maximum Gasteiger partial charge on any atom is 0.344 e. The molecular formula is C22H27NO4. The van der Waals surface area contributed by atoms with Gasteiger partial charge in [0.2, 0.25) is 0 Å². The molecule has 1 N–H and O–H groups in total. The summed E-state index contributed by atoms with van der Waals surface area (Å²) >= 11 is 0. The number of amides is 1. The second kappa shape index (κ2) is 10.4. The molecule has 0 aliphatic heterocycles. The summed E-state index contributed by atoms with van der Waals surface area (Å²) < 4.78 is 10.5. The highest BCUT2D eigenvalue weighted by molar-refractivity contribution is 5.81. The second-order valence-electron chi connectivity index (χ2n) is 6.71.